The maximum atomic E-state index is 14.1. The van der Waals surface area contributed by atoms with Crippen LogP contribution in [0.4, 0.5) is 14.9 Å². The van der Waals surface area contributed by atoms with Gasteiger partial charge in [0.2, 0.25) is 5.91 Å². The van der Waals surface area contributed by atoms with E-state index in [9.17, 15) is 32.9 Å². The van der Waals surface area contributed by atoms with E-state index in [-0.39, 0.29) is 23.8 Å². The van der Waals surface area contributed by atoms with Gasteiger partial charge in [-0.3, -0.25) is 15.0 Å². The van der Waals surface area contributed by atoms with Crippen molar-refractivity contribution in [3.63, 3.8) is 0 Å². The number of fused-ring (bicyclic) bond motifs is 1. The molecule has 1 saturated heterocycles. The molecule has 3 amide bonds. The minimum Gasteiger partial charge on any atom is -0.350 e. The normalized spacial score (nSPS) is 25.1. The van der Waals surface area contributed by atoms with Gasteiger partial charge in [0, 0.05) is 31.2 Å². The van der Waals surface area contributed by atoms with Gasteiger partial charge in [0.25, 0.3) is 10.0 Å². The van der Waals surface area contributed by atoms with Crippen LogP contribution in [0.5, 0.6) is 0 Å². The zero-order chi connectivity index (χ0) is 26.7. The van der Waals surface area contributed by atoms with Crippen molar-refractivity contribution in [2.45, 2.75) is 74.5 Å². The molecule has 0 radical (unpaired) electrons. The van der Waals surface area contributed by atoms with Gasteiger partial charge in [-0.1, -0.05) is 25.7 Å². The molecule has 11 nitrogen and oxygen atoms in total. The molecule has 3 N–H and O–H groups in total. The minimum atomic E-state index is -4.66. The molecule has 4 rings (SSSR count). The number of halogens is 1. The second kappa shape index (κ2) is 11.0. The Balaban J connectivity index is 1.50. The first kappa shape index (κ1) is 26.8. The van der Waals surface area contributed by atoms with Crippen molar-refractivity contribution in [1.29, 1.82) is 10.5 Å². The molecule has 2 heterocycles. The van der Waals surface area contributed by atoms with Crippen LogP contribution in [0, 0.1) is 28.5 Å². The van der Waals surface area contributed by atoms with E-state index in [2.05, 4.69) is 26.9 Å². The van der Waals surface area contributed by atoms with Crippen LogP contribution in [-0.4, -0.2) is 73.4 Å². The van der Waals surface area contributed by atoms with E-state index in [1.807, 2.05) is 6.92 Å². The first-order valence-electron chi connectivity index (χ1n) is 12.4. The average molecular weight is 532 g/mol. The number of hydrogen-bond donors (Lipinski definition) is 3. The number of rotatable bonds is 5. The summed E-state index contributed by atoms with van der Waals surface area (Å²) < 4.78 is 40.7. The highest BCUT2D eigenvalue weighted by Crippen LogP contribution is 2.34. The number of carbonyl (C=O) groups excluding carboxylic acids is 2. The van der Waals surface area contributed by atoms with Gasteiger partial charge in [0.15, 0.2) is 0 Å². The van der Waals surface area contributed by atoms with E-state index >= 15 is 0 Å². The number of sulfonamides is 1. The Bertz CT molecular complexity index is 1250. The van der Waals surface area contributed by atoms with Gasteiger partial charge >= 0.3 is 6.03 Å². The van der Waals surface area contributed by atoms with E-state index < -0.39 is 50.8 Å². The van der Waals surface area contributed by atoms with Crippen LogP contribution >= 0.6 is 0 Å². The first-order valence-corrected chi connectivity index (χ1v) is 13.9. The molecule has 2 aliphatic heterocycles. The zero-order valence-corrected chi connectivity index (χ0v) is 21.4. The summed E-state index contributed by atoms with van der Waals surface area (Å²) in [7, 11) is -4.66. The molecule has 2 fully saturated rings. The maximum absolute atomic E-state index is 14.1. The third-order valence-electron chi connectivity index (χ3n) is 7.33. The van der Waals surface area contributed by atoms with Crippen molar-refractivity contribution in [2.24, 2.45) is 0 Å². The number of piperazine rings is 1. The number of nitrogens with zero attached hydrogens (tertiary/aromatic N) is 4. The first-order chi connectivity index (χ1) is 17.7. The molecule has 37 heavy (non-hydrogen) atoms. The molecule has 0 bridgehead atoms. The number of hydrogen-bond acceptors (Lipinski definition) is 8. The van der Waals surface area contributed by atoms with Crippen molar-refractivity contribution in [3.8, 4) is 12.1 Å². The molecule has 0 spiro atoms. The number of carbonyl (C=O) groups is 2. The average Bonchev–Trinajstić information content (AvgIpc) is 3.16. The Labute approximate surface area is 215 Å². The van der Waals surface area contributed by atoms with Crippen molar-refractivity contribution >= 4 is 27.6 Å². The summed E-state index contributed by atoms with van der Waals surface area (Å²) in [5, 5.41) is 27.1. The summed E-state index contributed by atoms with van der Waals surface area (Å²) in [5.41, 5.74) is -0.942. The highest BCUT2D eigenvalue weighted by Gasteiger charge is 2.42. The SMILES string of the molecule is C[C@H](NC(=O)CN1C(=O)Nc2ccc(F)c(C#N)c2S1(=O)=O)C1CNC(C#N)CN1C1CCCCCC1. The summed E-state index contributed by atoms with van der Waals surface area (Å²) in [6, 6.07) is 4.10. The number of anilines is 1. The Morgan fingerprint density at radius 3 is 2.59 bits per heavy atom. The van der Waals surface area contributed by atoms with Gasteiger partial charge in [-0.05, 0) is 31.9 Å². The predicted molar refractivity (Wildman–Crippen MR) is 131 cm³/mol. The quantitative estimate of drug-likeness (QED) is 0.484. The summed E-state index contributed by atoms with van der Waals surface area (Å²) >= 11 is 0. The van der Waals surface area contributed by atoms with Gasteiger partial charge in [-0.2, -0.15) is 10.5 Å². The molecule has 198 valence electrons. The third kappa shape index (κ3) is 5.39. The lowest BCUT2D eigenvalue weighted by molar-refractivity contribution is -0.122. The monoisotopic (exact) mass is 531 g/mol. The molecular formula is C24H30FN7O4S. The Hall–Kier alpha value is -3.26. The summed E-state index contributed by atoms with van der Waals surface area (Å²) in [6.07, 6.45) is 6.58. The number of nitrogens with one attached hydrogen (secondary N) is 3. The van der Waals surface area contributed by atoms with E-state index in [0.717, 1.165) is 37.8 Å². The highest BCUT2D eigenvalue weighted by atomic mass is 32.2. The van der Waals surface area contributed by atoms with Crippen LogP contribution in [0.2, 0.25) is 0 Å². The predicted octanol–water partition coefficient (Wildman–Crippen LogP) is 1.63. The van der Waals surface area contributed by atoms with Crippen molar-refractivity contribution in [2.75, 3.05) is 25.0 Å². The summed E-state index contributed by atoms with van der Waals surface area (Å²) in [6.45, 7) is 1.97. The molecule has 13 heteroatoms. The summed E-state index contributed by atoms with van der Waals surface area (Å²) in [5.74, 6) is -1.76. The fourth-order valence-electron chi connectivity index (χ4n) is 5.46. The lowest BCUT2D eigenvalue weighted by Crippen LogP contribution is -2.65. The molecule has 1 aromatic carbocycles. The lowest BCUT2D eigenvalue weighted by Gasteiger charge is -2.45. The zero-order valence-electron chi connectivity index (χ0n) is 20.5. The second-order valence-corrected chi connectivity index (χ2v) is 11.5. The van der Waals surface area contributed by atoms with Crippen LogP contribution in [0.1, 0.15) is 51.0 Å². The Morgan fingerprint density at radius 1 is 1.24 bits per heavy atom. The van der Waals surface area contributed by atoms with Crippen LogP contribution in [0.15, 0.2) is 17.0 Å². The fraction of sp³-hybridized carbons (Fsp3) is 0.583. The van der Waals surface area contributed by atoms with Gasteiger partial charge in [-0.15, -0.1) is 0 Å². The molecule has 1 aromatic rings. The molecular weight excluding hydrogens is 501 g/mol. The third-order valence-corrected chi connectivity index (χ3v) is 9.15. The van der Waals surface area contributed by atoms with Gasteiger partial charge in [0.1, 0.15) is 34.9 Å². The fourth-order valence-corrected chi connectivity index (χ4v) is 7.03. The highest BCUT2D eigenvalue weighted by molar-refractivity contribution is 7.90. The minimum absolute atomic E-state index is 0.136. The second-order valence-electron chi connectivity index (χ2n) is 9.71. The number of nitriles is 2. The molecule has 3 atom stereocenters. The standard InChI is InChI=1S/C24H30FN7O4S/c1-15(21-12-28-16(10-26)13-31(21)17-6-4-2-3-5-7-17)29-22(33)14-32-24(34)30-20-9-8-19(25)18(11-27)23(20)37(32,35)36/h8-9,15-17,21,28H,2-7,12-14H2,1H3,(H,29,33)(H,30,34)/t15-,16?,21?/m0/s1. The van der Waals surface area contributed by atoms with Gasteiger partial charge in [-0.25, -0.2) is 21.9 Å². The molecule has 2 unspecified atom stereocenters. The molecule has 1 aliphatic carbocycles. The number of amides is 3. The number of benzene rings is 1. The van der Waals surface area contributed by atoms with Gasteiger partial charge in [0.05, 0.1) is 11.8 Å². The molecule has 1 saturated carbocycles. The van der Waals surface area contributed by atoms with Crippen LogP contribution in [0.25, 0.3) is 0 Å². The van der Waals surface area contributed by atoms with E-state index in [1.165, 1.54) is 18.9 Å². The van der Waals surface area contributed by atoms with Crippen molar-refractivity contribution in [3.05, 3.63) is 23.5 Å². The van der Waals surface area contributed by atoms with E-state index in [4.69, 9.17) is 0 Å². The largest absolute Gasteiger partial charge is 0.350 e. The Morgan fingerprint density at radius 2 is 1.95 bits per heavy atom. The van der Waals surface area contributed by atoms with Gasteiger partial charge < -0.3 is 10.6 Å². The van der Waals surface area contributed by atoms with E-state index in [0.29, 0.717) is 17.4 Å². The smallest absolute Gasteiger partial charge is 0.336 e. The van der Waals surface area contributed by atoms with Crippen LogP contribution < -0.4 is 16.0 Å². The lowest BCUT2D eigenvalue weighted by atomic mass is 9.97. The van der Waals surface area contributed by atoms with Crippen LogP contribution in [0.3, 0.4) is 0 Å². The topological polar surface area (TPSA) is 158 Å². The van der Waals surface area contributed by atoms with Crippen molar-refractivity contribution < 1.29 is 22.4 Å². The Kier molecular flexibility index (Phi) is 7.97. The van der Waals surface area contributed by atoms with Crippen molar-refractivity contribution in [1.82, 2.24) is 19.8 Å². The maximum Gasteiger partial charge on any atom is 0.336 e. The number of urea groups is 1. The van der Waals surface area contributed by atoms with Crippen LogP contribution in [-0.2, 0) is 14.8 Å². The summed E-state index contributed by atoms with van der Waals surface area (Å²) in [4.78, 5) is 27.1. The van der Waals surface area contributed by atoms with E-state index in [1.54, 1.807) is 0 Å². The molecule has 0 aromatic heterocycles. The molecule has 3 aliphatic rings.